The fraction of sp³-hybridized carbons (Fsp3) is 0.300. The van der Waals surface area contributed by atoms with Crippen LogP contribution in [-0.2, 0) is 0 Å². The van der Waals surface area contributed by atoms with Gasteiger partial charge in [-0.3, -0.25) is 9.98 Å². The fourth-order valence-corrected chi connectivity index (χ4v) is 0.995. The third-order valence-electron chi connectivity index (χ3n) is 1.69. The van der Waals surface area contributed by atoms with Crippen LogP contribution in [-0.4, -0.2) is 37.9 Å². The Morgan fingerprint density at radius 1 is 1.47 bits per heavy atom. The average Bonchev–Trinajstić information content (AvgIpc) is 2.26. The minimum atomic E-state index is 0.715. The molecule has 0 aromatic heterocycles. The number of nitrogens with zero attached hydrogens (tertiary/aromatic N) is 4. The summed E-state index contributed by atoms with van der Waals surface area (Å²) >= 11 is 0. The van der Waals surface area contributed by atoms with Crippen molar-refractivity contribution in [3.8, 4) is 0 Å². The van der Waals surface area contributed by atoms with Crippen LogP contribution in [0, 0.1) is 0 Å². The van der Waals surface area contributed by atoms with Gasteiger partial charge in [0.2, 0.25) is 0 Å². The van der Waals surface area contributed by atoms with Crippen LogP contribution >= 0.6 is 0 Å². The number of hydrogen-bond donors (Lipinski definition) is 1. The lowest BCUT2D eigenvalue weighted by Crippen LogP contribution is -2.23. The predicted octanol–water partition coefficient (Wildman–Crippen LogP) is 1.01. The highest BCUT2D eigenvalue weighted by Crippen LogP contribution is 2.04. The van der Waals surface area contributed by atoms with E-state index in [1.807, 2.05) is 20.0 Å². The van der Waals surface area contributed by atoms with E-state index >= 15 is 0 Å². The summed E-state index contributed by atoms with van der Waals surface area (Å²) in [6.07, 6.45) is 6.35. The van der Waals surface area contributed by atoms with Crippen molar-refractivity contribution in [2.24, 2.45) is 20.7 Å². The summed E-state index contributed by atoms with van der Waals surface area (Å²) in [4.78, 5) is 13.5. The Morgan fingerprint density at radius 3 is 2.53 bits per heavy atom. The van der Waals surface area contributed by atoms with Crippen molar-refractivity contribution in [1.29, 1.82) is 0 Å². The summed E-state index contributed by atoms with van der Waals surface area (Å²) < 4.78 is 0. The number of rotatable bonds is 4. The van der Waals surface area contributed by atoms with Crippen LogP contribution in [0.4, 0.5) is 0 Å². The number of amidine groups is 1. The maximum atomic E-state index is 5.31. The molecular formula is C10H17N5. The molecule has 5 heteroatoms. The molecule has 0 aliphatic rings. The summed E-state index contributed by atoms with van der Waals surface area (Å²) in [7, 11) is 3.53. The van der Waals surface area contributed by atoms with Gasteiger partial charge in [-0.2, -0.15) is 0 Å². The average molecular weight is 207 g/mol. The van der Waals surface area contributed by atoms with Gasteiger partial charge in [0, 0.05) is 14.1 Å². The van der Waals surface area contributed by atoms with Crippen molar-refractivity contribution in [2.45, 2.75) is 6.92 Å². The molecular weight excluding hydrogens is 190 g/mol. The van der Waals surface area contributed by atoms with Crippen molar-refractivity contribution in [3.63, 3.8) is 0 Å². The molecule has 0 fully saturated rings. The van der Waals surface area contributed by atoms with Crippen LogP contribution in [0.5, 0.6) is 0 Å². The second-order valence-corrected chi connectivity index (χ2v) is 2.57. The molecule has 0 aliphatic heterocycles. The molecule has 5 nitrogen and oxygen atoms in total. The van der Waals surface area contributed by atoms with E-state index in [1.54, 1.807) is 18.0 Å². The van der Waals surface area contributed by atoms with Crippen LogP contribution in [0.1, 0.15) is 6.92 Å². The lowest BCUT2D eigenvalue weighted by molar-refractivity contribution is 0.618. The Morgan fingerprint density at radius 2 is 2.13 bits per heavy atom. The van der Waals surface area contributed by atoms with Gasteiger partial charge in [-0.1, -0.05) is 0 Å². The van der Waals surface area contributed by atoms with Crippen molar-refractivity contribution >= 4 is 18.9 Å². The molecule has 0 saturated carbocycles. The van der Waals surface area contributed by atoms with Gasteiger partial charge in [0.05, 0.1) is 0 Å². The van der Waals surface area contributed by atoms with E-state index in [-0.39, 0.29) is 0 Å². The van der Waals surface area contributed by atoms with E-state index in [0.717, 1.165) is 5.82 Å². The molecule has 0 heterocycles. The van der Waals surface area contributed by atoms with Gasteiger partial charge < -0.3 is 10.6 Å². The summed E-state index contributed by atoms with van der Waals surface area (Å²) in [5.74, 6) is 1.44. The van der Waals surface area contributed by atoms with E-state index in [1.165, 1.54) is 12.5 Å². The maximum Gasteiger partial charge on any atom is 0.131 e. The summed E-state index contributed by atoms with van der Waals surface area (Å²) in [6.45, 7) is 5.20. The smallest absolute Gasteiger partial charge is 0.131 e. The van der Waals surface area contributed by atoms with Gasteiger partial charge in [-0.25, -0.2) is 4.99 Å². The predicted molar refractivity (Wildman–Crippen MR) is 66.2 cm³/mol. The van der Waals surface area contributed by atoms with Crippen molar-refractivity contribution in [3.05, 3.63) is 24.2 Å². The number of hydrogen-bond acceptors (Lipinski definition) is 3. The Kier molecular flexibility index (Phi) is 6.54. The number of allylic oxidation sites excluding steroid dienone is 1. The number of nitrogens with two attached hydrogens (primary N) is 1. The minimum Gasteiger partial charge on any atom is -0.404 e. The Balaban J connectivity index is 4.87. The van der Waals surface area contributed by atoms with E-state index in [0.29, 0.717) is 5.84 Å². The van der Waals surface area contributed by atoms with Crippen molar-refractivity contribution < 1.29 is 0 Å². The lowest BCUT2D eigenvalue weighted by Gasteiger charge is -2.18. The third-order valence-corrected chi connectivity index (χ3v) is 1.69. The first kappa shape index (κ1) is 13.1. The van der Waals surface area contributed by atoms with Gasteiger partial charge in [0.25, 0.3) is 0 Å². The molecule has 82 valence electrons. The van der Waals surface area contributed by atoms with Crippen LogP contribution in [0.25, 0.3) is 0 Å². The highest BCUT2D eigenvalue weighted by atomic mass is 15.2. The summed E-state index contributed by atoms with van der Waals surface area (Å²) in [5, 5.41) is 0. The minimum absolute atomic E-state index is 0.715. The first-order valence-electron chi connectivity index (χ1n) is 4.44. The number of aliphatic imine (C=N–C) groups is 3. The SMILES string of the molecule is C=NC=N/C(=C\C)N(C)C(/C=C\N)=NC. The van der Waals surface area contributed by atoms with Crippen LogP contribution in [0.2, 0.25) is 0 Å². The Bertz CT molecular complexity index is 312. The quantitative estimate of drug-likeness (QED) is 0.552. The van der Waals surface area contributed by atoms with Gasteiger partial charge in [-0.05, 0) is 32.0 Å². The molecule has 15 heavy (non-hydrogen) atoms. The van der Waals surface area contributed by atoms with Crippen molar-refractivity contribution in [2.75, 3.05) is 14.1 Å². The standard InChI is InChI=1S/C10H17N5/c1-5-9(14-8-12-2)15(4)10(13-3)6-7-11/h5-8H,2,11H2,1,3-4H3/b7-6-,9-5+,13-10?,14-8?. The molecule has 0 atom stereocenters. The Labute approximate surface area is 90.4 Å². The van der Waals surface area contributed by atoms with Gasteiger partial charge in [0.15, 0.2) is 0 Å². The van der Waals surface area contributed by atoms with Crippen LogP contribution in [0.3, 0.4) is 0 Å². The van der Waals surface area contributed by atoms with E-state index in [2.05, 4.69) is 21.7 Å². The second kappa shape index (κ2) is 7.49. The van der Waals surface area contributed by atoms with E-state index in [9.17, 15) is 0 Å². The van der Waals surface area contributed by atoms with E-state index in [4.69, 9.17) is 5.73 Å². The fourth-order valence-electron chi connectivity index (χ4n) is 0.995. The monoisotopic (exact) mass is 207 g/mol. The van der Waals surface area contributed by atoms with Gasteiger partial charge >= 0.3 is 0 Å². The molecule has 0 aromatic carbocycles. The number of likely N-dealkylation sites (N-methyl/N-ethyl adjacent to an activating group) is 1. The molecule has 0 bridgehead atoms. The maximum absolute atomic E-state index is 5.31. The molecule has 0 aromatic rings. The zero-order valence-corrected chi connectivity index (χ0v) is 9.38. The second-order valence-electron chi connectivity index (χ2n) is 2.57. The summed E-state index contributed by atoms with van der Waals surface area (Å²) in [6, 6.07) is 0. The highest BCUT2D eigenvalue weighted by molar-refractivity contribution is 5.93. The normalized spacial score (nSPS) is 13.8. The first-order chi connectivity index (χ1) is 7.21. The lowest BCUT2D eigenvalue weighted by atomic mass is 10.4. The molecule has 2 N–H and O–H groups in total. The van der Waals surface area contributed by atoms with Crippen LogP contribution in [0.15, 0.2) is 39.2 Å². The first-order valence-corrected chi connectivity index (χ1v) is 4.44. The molecule has 0 spiro atoms. The summed E-state index contributed by atoms with van der Waals surface area (Å²) in [5.41, 5.74) is 5.31. The Hall–Kier alpha value is -1.91. The molecule has 0 amide bonds. The van der Waals surface area contributed by atoms with Crippen molar-refractivity contribution in [1.82, 2.24) is 4.90 Å². The molecule has 0 rings (SSSR count). The zero-order valence-electron chi connectivity index (χ0n) is 9.38. The molecule has 0 saturated heterocycles. The van der Waals surface area contributed by atoms with Gasteiger partial charge in [-0.15, -0.1) is 0 Å². The third kappa shape index (κ3) is 4.21. The molecule has 0 aliphatic carbocycles. The molecule has 0 radical (unpaired) electrons. The zero-order chi connectivity index (χ0) is 11.7. The topological polar surface area (TPSA) is 66.3 Å². The van der Waals surface area contributed by atoms with Gasteiger partial charge in [0.1, 0.15) is 18.0 Å². The molecule has 0 unspecified atom stereocenters. The largest absolute Gasteiger partial charge is 0.404 e. The highest BCUT2D eigenvalue weighted by Gasteiger charge is 2.05. The van der Waals surface area contributed by atoms with Crippen LogP contribution < -0.4 is 5.73 Å². The van der Waals surface area contributed by atoms with E-state index < -0.39 is 0 Å².